The van der Waals surface area contributed by atoms with Crippen LogP contribution in [-0.2, 0) is 11.3 Å². The lowest BCUT2D eigenvalue weighted by atomic mass is 10.2. The van der Waals surface area contributed by atoms with Gasteiger partial charge in [-0.2, -0.15) is 0 Å². The Balaban J connectivity index is 2.73. The lowest BCUT2D eigenvalue weighted by Crippen LogP contribution is -2.40. The van der Waals surface area contributed by atoms with Crippen molar-refractivity contribution in [1.29, 1.82) is 0 Å². The third kappa shape index (κ3) is 7.13. The summed E-state index contributed by atoms with van der Waals surface area (Å²) >= 11 is 0. The van der Waals surface area contributed by atoms with Gasteiger partial charge in [-0.3, -0.25) is 4.79 Å². The summed E-state index contributed by atoms with van der Waals surface area (Å²) in [5, 5.41) is 3.28. The zero-order valence-electron chi connectivity index (χ0n) is 14.5. The topological polar surface area (TPSA) is 47.9 Å². The monoisotopic (exact) mass is 322 g/mol. The highest BCUT2D eigenvalue weighted by atomic mass is 19.1. The highest BCUT2D eigenvalue weighted by molar-refractivity contribution is 5.84. The summed E-state index contributed by atoms with van der Waals surface area (Å²) < 4.78 is 13.0. The Bertz CT molecular complexity index is 514. The zero-order valence-corrected chi connectivity index (χ0v) is 14.5. The molecule has 0 unspecified atom stereocenters. The summed E-state index contributed by atoms with van der Waals surface area (Å²) in [5.41, 5.74) is 0.984. The van der Waals surface area contributed by atoms with Crippen LogP contribution in [0.5, 0.6) is 0 Å². The number of likely N-dealkylation sites (N-methyl/N-ethyl adjacent to an activating group) is 1. The van der Waals surface area contributed by atoms with Gasteiger partial charge in [0.05, 0.1) is 0 Å². The third-order valence-corrected chi connectivity index (χ3v) is 3.37. The van der Waals surface area contributed by atoms with E-state index in [0.29, 0.717) is 12.5 Å². The minimum absolute atomic E-state index is 0.0463. The molecule has 0 aliphatic heterocycles. The van der Waals surface area contributed by atoms with Gasteiger partial charge in [0.1, 0.15) is 12.4 Å². The van der Waals surface area contributed by atoms with Crippen LogP contribution in [0.25, 0.3) is 0 Å². The van der Waals surface area contributed by atoms with Crippen molar-refractivity contribution >= 4 is 11.9 Å². The molecular formula is C17H27FN4O. The summed E-state index contributed by atoms with van der Waals surface area (Å²) in [4.78, 5) is 19.6. The molecule has 0 fully saturated rings. The largest absolute Gasteiger partial charge is 0.356 e. The number of halogens is 1. The summed E-state index contributed by atoms with van der Waals surface area (Å²) in [6.45, 7) is 3.62. The molecule has 1 aromatic rings. The molecule has 1 rings (SSSR count). The number of nitrogens with one attached hydrogen (secondary N) is 1. The molecule has 0 saturated heterocycles. The molecule has 1 amide bonds. The van der Waals surface area contributed by atoms with E-state index in [0.717, 1.165) is 24.9 Å². The average Bonchev–Trinajstić information content (AvgIpc) is 2.52. The lowest BCUT2D eigenvalue weighted by Gasteiger charge is -2.23. The number of nitrogens with zero attached hydrogens (tertiary/aromatic N) is 3. The van der Waals surface area contributed by atoms with Gasteiger partial charge in [0.15, 0.2) is 5.96 Å². The molecule has 0 aliphatic carbocycles. The molecule has 1 N–H and O–H groups in total. The standard InChI is InChI=1S/C17H27FN4O/c1-5-6-11-19-17(20-12-16(23)21(2)3)22(4)13-14-7-9-15(18)10-8-14/h7-10H,5-6,11-13H2,1-4H3,(H,19,20). The van der Waals surface area contributed by atoms with Crippen LogP contribution >= 0.6 is 0 Å². The molecule has 1 aromatic carbocycles. The number of benzene rings is 1. The van der Waals surface area contributed by atoms with Crippen LogP contribution < -0.4 is 5.32 Å². The van der Waals surface area contributed by atoms with E-state index in [1.54, 1.807) is 26.2 Å². The van der Waals surface area contributed by atoms with Gasteiger partial charge in [0.25, 0.3) is 0 Å². The first-order valence-electron chi connectivity index (χ1n) is 7.88. The number of guanidine groups is 1. The predicted molar refractivity (Wildman–Crippen MR) is 91.8 cm³/mol. The molecule has 0 aliphatic rings. The Kier molecular flexibility index (Phi) is 8.08. The van der Waals surface area contributed by atoms with Gasteiger partial charge >= 0.3 is 0 Å². The van der Waals surface area contributed by atoms with Gasteiger partial charge in [-0.15, -0.1) is 0 Å². The Morgan fingerprint density at radius 3 is 2.43 bits per heavy atom. The summed E-state index contributed by atoms with van der Waals surface area (Å²) in [5.74, 6) is 0.385. The van der Waals surface area contributed by atoms with Crippen LogP contribution in [0.3, 0.4) is 0 Å². The number of unbranched alkanes of at least 4 members (excludes halogenated alkanes) is 1. The second-order valence-electron chi connectivity index (χ2n) is 5.69. The fourth-order valence-electron chi connectivity index (χ4n) is 1.91. The molecule has 0 radical (unpaired) electrons. The molecule has 0 spiro atoms. The Morgan fingerprint density at radius 1 is 1.22 bits per heavy atom. The molecule has 0 atom stereocenters. The van der Waals surface area contributed by atoms with Crippen LogP contribution in [0.1, 0.15) is 25.3 Å². The lowest BCUT2D eigenvalue weighted by molar-refractivity contribution is -0.127. The number of carbonyl (C=O) groups excluding carboxylic acids is 1. The van der Waals surface area contributed by atoms with Crippen LogP contribution in [0, 0.1) is 5.82 Å². The molecule has 128 valence electrons. The van der Waals surface area contributed by atoms with E-state index in [2.05, 4.69) is 17.2 Å². The highest BCUT2D eigenvalue weighted by Gasteiger charge is 2.09. The fourth-order valence-corrected chi connectivity index (χ4v) is 1.91. The SMILES string of the molecule is CCCCNC(=NCC(=O)N(C)C)N(C)Cc1ccc(F)cc1. The van der Waals surface area contributed by atoms with Crippen molar-refractivity contribution in [1.82, 2.24) is 15.1 Å². The molecule has 0 aromatic heterocycles. The van der Waals surface area contributed by atoms with Crippen molar-refractivity contribution < 1.29 is 9.18 Å². The minimum Gasteiger partial charge on any atom is -0.356 e. The van der Waals surface area contributed by atoms with Gasteiger partial charge in [-0.25, -0.2) is 9.38 Å². The van der Waals surface area contributed by atoms with Crippen LogP contribution in [-0.4, -0.2) is 55.9 Å². The number of carbonyl (C=O) groups is 1. The Labute approximate surface area is 138 Å². The summed E-state index contributed by atoms with van der Waals surface area (Å²) in [6, 6.07) is 6.39. The van der Waals surface area contributed by atoms with Gasteiger partial charge in [0.2, 0.25) is 5.91 Å². The number of amides is 1. The average molecular weight is 322 g/mol. The predicted octanol–water partition coefficient (Wildman–Crippen LogP) is 2.09. The van der Waals surface area contributed by atoms with Crippen molar-refractivity contribution in [3.05, 3.63) is 35.6 Å². The van der Waals surface area contributed by atoms with Crippen molar-refractivity contribution in [2.24, 2.45) is 4.99 Å². The van der Waals surface area contributed by atoms with E-state index >= 15 is 0 Å². The number of rotatable bonds is 7. The van der Waals surface area contributed by atoms with Crippen LogP contribution in [0.2, 0.25) is 0 Å². The summed E-state index contributed by atoms with van der Waals surface area (Å²) in [6.07, 6.45) is 2.11. The molecule has 23 heavy (non-hydrogen) atoms. The second-order valence-corrected chi connectivity index (χ2v) is 5.69. The van der Waals surface area contributed by atoms with Crippen LogP contribution in [0.4, 0.5) is 4.39 Å². The maximum atomic E-state index is 13.0. The van der Waals surface area contributed by atoms with E-state index < -0.39 is 0 Å². The summed E-state index contributed by atoms with van der Waals surface area (Å²) in [7, 11) is 5.33. The van der Waals surface area contributed by atoms with E-state index in [1.165, 1.54) is 17.0 Å². The Hall–Kier alpha value is -2.11. The molecule has 6 heteroatoms. The van der Waals surface area contributed by atoms with Crippen molar-refractivity contribution in [2.45, 2.75) is 26.3 Å². The van der Waals surface area contributed by atoms with Crippen molar-refractivity contribution in [2.75, 3.05) is 34.2 Å². The van der Waals surface area contributed by atoms with E-state index in [1.807, 2.05) is 11.9 Å². The third-order valence-electron chi connectivity index (χ3n) is 3.37. The molecule has 0 bridgehead atoms. The van der Waals surface area contributed by atoms with Gasteiger partial charge in [-0.05, 0) is 24.1 Å². The van der Waals surface area contributed by atoms with Gasteiger partial charge in [-0.1, -0.05) is 25.5 Å². The van der Waals surface area contributed by atoms with E-state index in [9.17, 15) is 9.18 Å². The van der Waals surface area contributed by atoms with Crippen LogP contribution in [0.15, 0.2) is 29.3 Å². The normalized spacial score (nSPS) is 11.3. The molecular weight excluding hydrogens is 295 g/mol. The Morgan fingerprint density at radius 2 is 1.87 bits per heavy atom. The molecule has 0 saturated carbocycles. The van der Waals surface area contributed by atoms with Crippen molar-refractivity contribution in [3.63, 3.8) is 0 Å². The van der Waals surface area contributed by atoms with E-state index in [-0.39, 0.29) is 18.3 Å². The maximum Gasteiger partial charge on any atom is 0.243 e. The van der Waals surface area contributed by atoms with Crippen molar-refractivity contribution in [3.8, 4) is 0 Å². The number of aliphatic imine (C=N–C) groups is 1. The molecule has 0 heterocycles. The number of hydrogen-bond donors (Lipinski definition) is 1. The highest BCUT2D eigenvalue weighted by Crippen LogP contribution is 2.06. The van der Waals surface area contributed by atoms with E-state index in [4.69, 9.17) is 0 Å². The first-order chi connectivity index (χ1) is 10.9. The first kappa shape index (κ1) is 18.9. The second kappa shape index (κ2) is 9.82. The minimum atomic E-state index is -0.247. The quantitative estimate of drug-likeness (QED) is 0.475. The number of hydrogen-bond acceptors (Lipinski definition) is 2. The molecule has 5 nitrogen and oxygen atoms in total. The van der Waals surface area contributed by atoms with Gasteiger partial charge in [0, 0.05) is 34.2 Å². The zero-order chi connectivity index (χ0) is 17.2. The first-order valence-corrected chi connectivity index (χ1v) is 7.88. The fraction of sp³-hybridized carbons (Fsp3) is 0.529. The van der Waals surface area contributed by atoms with Gasteiger partial charge < -0.3 is 15.1 Å². The smallest absolute Gasteiger partial charge is 0.243 e. The maximum absolute atomic E-state index is 13.0.